The third kappa shape index (κ3) is 3.59. The molecule has 1 saturated heterocycles. The molecule has 148 valence electrons. The molecule has 3 amide bonds. The van der Waals surface area contributed by atoms with E-state index in [-0.39, 0.29) is 20.5 Å². The second-order valence-corrected chi connectivity index (χ2v) is 9.31. The predicted molar refractivity (Wildman–Crippen MR) is 103 cm³/mol. The molecule has 6 nitrogen and oxygen atoms in total. The Balaban J connectivity index is 1.84. The second-order valence-electron chi connectivity index (χ2n) is 6.39. The highest BCUT2D eigenvalue weighted by Crippen LogP contribution is 2.31. The molecular weight excluding hydrogens is 430 g/mol. The molecule has 10 heteroatoms. The lowest BCUT2D eigenvalue weighted by molar-refractivity contribution is -0.130. The van der Waals surface area contributed by atoms with Crippen LogP contribution < -0.4 is 5.32 Å². The number of urea groups is 1. The van der Waals surface area contributed by atoms with Crippen LogP contribution in [0.2, 0.25) is 10.0 Å². The summed E-state index contributed by atoms with van der Waals surface area (Å²) in [6, 6.07) is 8.76. The molecule has 1 aliphatic heterocycles. The molecule has 0 aromatic heterocycles. The average Bonchev–Trinajstić information content (AvgIpc) is 2.85. The number of sulfone groups is 1. The fraction of sp³-hybridized carbons (Fsp3) is 0.222. The third-order valence-electron chi connectivity index (χ3n) is 4.50. The maximum Gasteiger partial charge on any atom is 0.325 e. The monoisotopic (exact) mass is 444 g/mol. The van der Waals surface area contributed by atoms with Gasteiger partial charge in [-0.05, 0) is 31.2 Å². The first kappa shape index (κ1) is 20.6. The molecule has 1 aliphatic rings. The first-order chi connectivity index (χ1) is 13.1. The van der Waals surface area contributed by atoms with Crippen LogP contribution in [-0.4, -0.2) is 37.6 Å². The van der Waals surface area contributed by atoms with Gasteiger partial charge >= 0.3 is 6.03 Å². The second kappa shape index (κ2) is 7.35. The van der Waals surface area contributed by atoms with E-state index in [1.807, 2.05) is 0 Å². The number of hydrogen-bond acceptors (Lipinski definition) is 4. The van der Waals surface area contributed by atoms with E-state index in [4.69, 9.17) is 23.2 Å². The Kier molecular flexibility index (Phi) is 5.40. The van der Waals surface area contributed by atoms with E-state index >= 15 is 0 Å². The molecule has 2 aromatic carbocycles. The number of nitrogens with one attached hydrogen (secondary N) is 1. The zero-order valence-electron chi connectivity index (χ0n) is 14.6. The average molecular weight is 445 g/mol. The van der Waals surface area contributed by atoms with Crippen LogP contribution >= 0.6 is 23.2 Å². The van der Waals surface area contributed by atoms with E-state index in [1.54, 1.807) is 0 Å². The summed E-state index contributed by atoms with van der Waals surface area (Å²) < 4.78 is 39.3. The SMILES string of the molecule is CC1(c2ccccc2F)NC(=O)N(CCS(=O)(=O)c2cc(Cl)ccc2Cl)C1=O. The van der Waals surface area contributed by atoms with Crippen molar-refractivity contribution < 1.29 is 22.4 Å². The molecule has 1 unspecified atom stereocenters. The van der Waals surface area contributed by atoms with Crippen molar-refractivity contribution in [2.75, 3.05) is 12.3 Å². The number of carbonyl (C=O) groups is 2. The number of benzene rings is 2. The molecule has 0 spiro atoms. The highest BCUT2D eigenvalue weighted by Gasteiger charge is 2.50. The number of halogens is 3. The van der Waals surface area contributed by atoms with Crippen molar-refractivity contribution in [3.05, 3.63) is 63.9 Å². The molecular formula is C18H15Cl2FN2O4S. The number of carbonyl (C=O) groups excluding carboxylic acids is 2. The molecule has 1 fully saturated rings. The van der Waals surface area contributed by atoms with Crippen molar-refractivity contribution in [1.82, 2.24) is 10.2 Å². The lowest BCUT2D eigenvalue weighted by Gasteiger charge is -2.22. The summed E-state index contributed by atoms with van der Waals surface area (Å²) in [6.45, 7) is 0.952. The Morgan fingerprint density at radius 3 is 2.50 bits per heavy atom. The molecule has 0 radical (unpaired) electrons. The van der Waals surface area contributed by atoms with E-state index in [2.05, 4.69) is 5.32 Å². The van der Waals surface area contributed by atoms with Gasteiger partial charge in [0.1, 0.15) is 11.4 Å². The summed E-state index contributed by atoms with van der Waals surface area (Å²) in [4.78, 5) is 25.7. The number of rotatable bonds is 5. The molecule has 0 saturated carbocycles. The van der Waals surface area contributed by atoms with Gasteiger partial charge in [0.25, 0.3) is 5.91 Å². The normalized spacial score (nSPS) is 19.8. The molecule has 3 rings (SSSR count). The Bertz CT molecular complexity index is 1080. The fourth-order valence-corrected chi connectivity index (χ4v) is 5.01. The minimum atomic E-state index is -3.92. The van der Waals surface area contributed by atoms with Crippen molar-refractivity contribution >= 4 is 45.0 Å². The molecule has 0 bridgehead atoms. The van der Waals surface area contributed by atoms with Crippen LogP contribution in [0.3, 0.4) is 0 Å². The van der Waals surface area contributed by atoms with Gasteiger partial charge in [-0.1, -0.05) is 41.4 Å². The van der Waals surface area contributed by atoms with Gasteiger partial charge in [-0.2, -0.15) is 0 Å². The van der Waals surface area contributed by atoms with Crippen molar-refractivity contribution in [2.45, 2.75) is 17.4 Å². The lowest BCUT2D eigenvalue weighted by Crippen LogP contribution is -2.42. The summed E-state index contributed by atoms with van der Waals surface area (Å²) in [5.41, 5.74) is -1.63. The van der Waals surface area contributed by atoms with Crippen molar-refractivity contribution in [1.29, 1.82) is 0 Å². The summed E-state index contributed by atoms with van der Waals surface area (Å²) in [6.07, 6.45) is 0. The summed E-state index contributed by atoms with van der Waals surface area (Å²) in [7, 11) is -3.92. The zero-order valence-corrected chi connectivity index (χ0v) is 16.9. The first-order valence-electron chi connectivity index (χ1n) is 8.13. The Morgan fingerprint density at radius 2 is 1.82 bits per heavy atom. The zero-order chi connectivity index (χ0) is 20.7. The van der Waals surface area contributed by atoms with Crippen LogP contribution in [0, 0.1) is 5.82 Å². The fourth-order valence-electron chi connectivity index (χ4n) is 2.99. The minimum Gasteiger partial charge on any atom is -0.319 e. The smallest absolute Gasteiger partial charge is 0.319 e. The first-order valence-corrected chi connectivity index (χ1v) is 10.5. The maximum atomic E-state index is 14.1. The van der Waals surface area contributed by atoms with Gasteiger partial charge in [-0.15, -0.1) is 0 Å². The van der Waals surface area contributed by atoms with Gasteiger partial charge < -0.3 is 5.32 Å². The van der Waals surface area contributed by atoms with Crippen molar-refractivity contribution in [3.63, 3.8) is 0 Å². The minimum absolute atomic E-state index is 0.00315. The van der Waals surface area contributed by atoms with Crippen LogP contribution in [0.5, 0.6) is 0 Å². The van der Waals surface area contributed by atoms with E-state index in [1.165, 1.54) is 49.4 Å². The third-order valence-corrected chi connectivity index (χ3v) is 6.90. The predicted octanol–water partition coefficient (Wildman–Crippen LogP) is 3.37. The van der Waals surface area contributed by atoms with E-state index in [0.29, 0.717) is 0 Å². The van der Waals surface area contributed by atoms with Gasteiger partial charge in [-0.25, -0.2) is 17.6 Å². The Hall–Kier alpha value is -2.16. The van der Waals surface area contributed by atoms with Crippen LogP contribution in [0.25, 0.3) is 0 Å². The molecule has 1 heterocycles. The van der Waals surface area contributed by atoms with E-state index in [0.717, 1.165) is 4.90 Å². The van der Waals surface area contributed by atoms with Crippen LogP contribution in [-0.2, 0) is 20.2 Å². The van der Waals surface area contributed by atoms with Gasteiger partial charge in [0.05, 0.1) is 15.7 Å². The standard InChI is InChI=1S/C18H15Cl2FN2O4S/c1-18(12-4-2-3-5-14(12)21)16(24)23(17(25)22-18)8-9-28(26,27)15-10-11(19)6-7-13(15)20/h2-7,10H,8-9H2,1H3,(H,22,25). The number of amides is 3. The summed E-state index contributed by atoms with van der Waals surface area (Å²) in [5.74, 6) is -1.95. The summed E-state index contributed by atoms with van der Waals surface area (Å²) >= 11 is 11.8. The van der Waals surface area contributed by atoms with Gasteiger partial charge in [0.15, 0.2) is 9.84 Å². The van der Waals surface area contributed by atoms with E-state index < -0.39 is 45.4 Å². The largest absolute Gasteiger partial charge is 0.325 e. The Labute approximate surface area is 171 Å². The number of imide groups is 1. The molecule has 1 N–H and O–H groups in total. The van der Waals surface area contributed by atoms with Crippen molar-refractivity contribution in [2.24, 2.45) is 0 Å². The van der Waals surface area contributed by atoms with Crippen LogP contribution in [0.4, 0.5) is 9.18 Å². The van der Waals surface area contributed by atoms with Crippen molar-refractivity contribution in [3.8, 4) is 0 Å². The quantitative estimate of drug-likeness (QED) is 0.716. The summed E-state index contributed by atoms with van der Waals surface area (Å²) in [5, 5.41) is 2.61. The van der Waals surface area contributed by atoms with Crippen LogP contribution in [0.1, 0.15) is 12.5 Å². The molecule has 0 aliphatic carbocycles. The highest BCUT2D eigenvalue weighted by molar-refractivity contribution is 7.91. The van der Waals surface area contributed by atoms with Gasteiger partial charge in [0, 0.05) is 17.1 Å². The Morgan fingerprint density at radius 1 is 1.14 bits per heavy atom. The van der Waals surface area contributed by atoms with Crippen LogP contribution in [0.15, 0.2) is 47.4 Å². The van der Waals surface area contributed by atoms with Gasteiger partial charge in [-0.3, -0.25) is 9.69 Å². The van der Waals surface area contributed by atoms with E-state index in [9.17, 15) is 22.4 Å². The number of hydrogen-bond donors (Lipinski definition) is 1. The molecule has 28 heavy (non-hydrogen) atoms. The maximum absolute atomic E-state index is 14.1. The lowest BCUT2D eigenvalue weighted by atomic mass is 9.91. The highest BCUT2D eigenvalue weighted by atomic mass is 35.5. The molecule has 2 aromatic rings. The topological polar surface area (TPSA) is 83.6 Å². The molecule has 1 atom stereocenters. The van der Waals surface area contributed by atoms with Gasteiger partial charge in [0.2, 0.25) is 0 Å². The number of nitrogens with zero attached hydrogens (tertiary/aromatic N) is 1.